The molecule has 92 valence electrons. The van der Waals surface area contributed by atoms with Gasteiger partial charge in [0.15, 0.2) is 0 Å². The molecule has 0 bridgehead atoms. The van der Waals surface area contributed by atoms with Gasteiger partial charge >= 0.3 is 0 Å². The smallest absolute Gasteiger partial charge is 0.212 e. The number of sulfonamides is 1. The van der Waals surface area contributed by atoms with Crippen LogP contribution >= 0.6 is 34.5 Å². The van der Waals surface area contributed by atoms with Crippen LogP contribution in [0.3, 0.4) is 0 Å². The SMILES string of the molecule is CC(NS(=O)(=O)CCCCl)c1ccc(Cl)s1. The van der Waals surface area contributed by atoms with Crippen LogP contribution in [0.15, 0.2) is 12.1 Å². The minimum absolute atomic E-state index is 0.0555. The largest absolute Gasteiger partial charge is 0.212 e. The molecule has 1 aromatic rings. The van der Waals surface area contributed by atoms with E-state index < -0.39 is 10.0 Å². The zero-order chi connectivity index (χ0) is 12.2. The highest BCUT2D eigenvalue weighted by Crippen LogP contribution is 2.26. The van der Waals surface area contributed by atoms with Crippen molar-refractivity contribution in [1.82, 2.24) is 4.72 Å². The minimum Gasteiger partial charge on any atom is -0.212 e. The maximum absolute atomic E-state index is 11.6. The second-order valence-corrected chi connectivity index (χ2v) is 7.34. The Hall–Kier alpha value is 0.190. The van der Waals surface area contributed by atoms with Crippen molar-refractivity contribution in [2.75, 3.05) is 11.6 Å². The van der Waals surface area contributed by atoms with Gasteiger partial charge in [-0.2, -0.15) is 0 Å². The van der Waals surface area contributed by atoms with Crippen molar-refractivity contribution in [3.8, 4) is 0 Å². The van der Waals surface area contributed by atoms with Crippen molar-refractivity contribution >= 4 is 44.6 Å². The third kappa shape index (κ3) is 4.59. The molecule has 0 aliphatic heterocycles. The topological polar surface area (TPSA) is 46.2 Å². The monoisotopic (exact) mass is 301 g/mol. The van der Waals surface area contributed by atoms with Crippen LogP contribution in [0.1, 0.15) is 24.3 Å². The van der Waals surface area contributed by atoms with Crippen LogP contribution < -0.4 is 4.72 Å². The lowest BCUT2D eigenvalue weighted by Crippen LogP contribution is -2.28. The third-order valence-electron chi connectivity index (χ3n) is 1.92. The van der Waals surface area contributed by atoms with Gasteiger partial charge in [0, 0.05) is 10.8 Å². The molecule has 0 amide bonds. The van der Waals surface area contributed by atoms with Gasteiger partial charge in [0.2, 0.25) is 10.0 Å². The summed E-state index contributed by atoms with van der Waals surface area (Å²) in [5.41, 5.74) is 0. The molecule has 1 heterocycles. The molecule has 0 fully saturated rings. The van der Waals surface area contributed by atoms with Gasteiger partial charge in [-0.25, -0.2) is 13.1 Å². The Bertz CT molecular complexity index is 430. The summed E-state index contributed by atoms with van der Waals surface area (Å²) in [5.74, 6) is 0.403. The van der Waals surface area contributed by atoms with Gasteiger partial charge in [0.1, 0.15) is 0 Å². The Kier molecular flexibility index (Phi) is 5.53. The summed E-state index contributed by atoms with van der Waals surface area (Å²) >= 11 is 12.6. The summed E-state index contributed by atoms with van der Waals surface area (Å²) in [6, 6.07) is 3.32. The maximum Gasteiger partial charge on any atom is 0.212 e. The van der Waals surface area contributed by atoms with Gasteiger partial charge in [-0.05, 0) is 25.5 Å². The highest BCUT2D eigenvalue weighted by molar-refractivity contribution is 7.89. The number of nitrogens with one attached hydrogen (secondary N) is 1. The molecule has 1 N–H and O–H groups in total. The summed E-state index contributed by atoms with van der Waals surface area (Å²) < 4.78 is 26.4. The van der Waals surface area contributed by atoms with Gasteiger partial charge in [0.05, 0.1) is 16.1 Å². The summed E-state index contributed by atoms with van der Waals surface area (Å²) in [4.78, 5) is 0.902. The molecule has 16 heavy (non-hydrogen) atoms. The summed E-state index contributed by atoms with van der Waals surface area (Å²) in [6.45, 7) is 1.79. The fourth-order valence-corrected chi connectivity index (χ4v) is 3.93. The Labute approximate surface area is 110 Å². The highest BCUT2D eigenvalue weighted by atomic mass is 35.5. The fraction of sp³-hybridized carbons (Fsp3) is 0.556. The molecule has 0 aliphatic rings. The third-order valence-corrected chi connectivity index (χ3v) is 5.14. The first-order chi connectivity index (χ1) is 7.44. The number of hydrogen-bond acceptors (Lipinski definition) is 3. The van der Waals surface area contributed by atoms with Crippen molar-refractivity contribution in [3.63, 3.8) is 0 Å². The van der Waals surface area contributed by atoms with Crippen LogP contribution in [0.5, 0.6) is 0 Å². The van der Waals surface area contributed by atoms with E-state index in [9.17, 15) is 8.42 Å². The average molecular weight is 302 g/mol. The van der Waals surface area contributed by atoms with Gasteiger partial charge < -0.3 is 0 Å². The first-order valence-electron chi connectivity index (χ1n) is 4.76. The van der Waals surface area contributed by atoms with Crippen molar-refractivity contribution in [1.29, 1.82) is 0 Å². The second kappa shape index (κ2) is 6.21. The van der Waals surface area contributed by atoms with E-state index in [-0.39, 0.29) is 11.8 Å². The van der Waals surface area contributed by atoms with Gasteiger partial charge in [0.25, 0.3) is 0 Å². The lowest BCUT2D eigenvalue weighted by atomic mass is 10.3. The van der Waals surface area contributed by atoms with E-state index in [2.05, 4.69) is 4.72 Å². The van der Waals surface area contributed by atoms with E-state index in [1.165, 1.54) is 11.3 Å². The molecule has 1 aromatic heterocycles. The van der Waals surface area contributed by atoms with E-state index in [1.807, 2.05) is 6.07 Å². The molecule has 0 saturated carbocycles. The van der Waals surface area contributed by atoms with Crippen LogP contribution in [-0.4, -0.2) is 20.1 Å². The highest BCUT2D eigenvalue weighted by Gasteiger charge is 2.16. The number of halogens is 2. The molecule has 1 unspecified atom stereocenters. The van der Waals surface area contributed by atoms with Crippen LogP contribution in [0.25, 0.3) is 0 Å². The molecule has 7 heteroatoms. The van der Waals surface area contributed by atoms with Gasteiger partial charge in [-0.1, -0.05) is 11.6 Å². The molecule has 0 saturated heterocycles. The zero-order valence-electron chi connectivity index (χ0n) is 8.74. The molecule has 0 radical (unpaired) electrons. The quantitative estimate of drug-likeness (QED) is 0.821. The van der Waals surface area contributed by atoms with Crippen molar-refractivity contribution in [3.05, 3.63) is 21.3 Å². The van der Waals surface area contributed by atoms with Crippen LogP contribution in [0, 0.1) is 0 Å². The van der Waals surface area contributed by atoms with Crippen molar-refractivity contribution in [2.45, 2.75) is 19.4 Å². The Morgan fingerprint density at radius 3 is 2.69 bits per heavy atom. The first kappa shape index (κ1) is 14.3. The molecule has 1 rings (SSSR count). The minimum atomic E-state index is -3.25. The number of rotatable bonds is 6. The Balaban J connectivity index is 2.60. The lowest BCUT2D eigenvalue weighted by molar-refractivity contribution is 0.567. The molecule has 3 nitrogen and oxygen atoms in total. The number of thiophene rings is 1. The van der Waals surface area contributed by atoms with Crippen LogP contribution in [0.4, 0.5) is 0 Å². The van der Waals surface area contributed by atoms with E-state index in [4.69, 9.17) is 23.2 Å². The van der Waals surface area contributed by atoms with Gasteiger partial charge in [-0.15, -0.1) is 22.9 Å². The Morgan fingerprint density at radius 1 is 1.50 bits per heavy atom. The maximum atomic E-state index is 11.6. The predicted molar refractivity (Wildman–Crippen MR) is 70.0 cm³/mol. The van der Waals surface area contributed by atoms with Crippen LogP contribution in [-0.2, 0) is 10.0 Å². The molecular weight excluding hydrogens is 289 g/mol. The fourth-order valence-electron chi connectivity index (χ4n) is 1.19. The number of alkyl halides is 1. The lowest BCUT2D eigenvalue weighted by Gasteiger charge is -2.12. The molecule has 0 aliphatic carbocycles. The van der Waals surface area contributed by atoms with E-state index in [1.54, 1.807) is 13.0 Å². The van der Waals surface area contributed by atoms with E-state index in [0.29, 0.717) is 16.6 Å². The normalized spacial score (nSPS) is 13.9. The number of hydrogen-bond donors (Lipinski definition) is 1. The van der Waals surface area contributed by atoms with E-state index in [0.717, 1.165) is 4.88 Å². The molecule has 1 atom stereocenters. The van der Waals surface area contributed by atoms with Crippen molar-refractivity contribution < 1.29 is 8.42 Å². The second-order valence-electron chi connectivity index (χ2n) is 3.34. The summed E-state index contributed by atoms with van der Waals surface area (Å²) in [7, 11) is -3.25. The predicted octanol–water partition coefficient (Wildman–Crippen LogP) is 3.01. The van der Waals surface area contributed by atoms with Crippen LogP contribution in [0.2, 0.25) is 4.34 Å². The van der Waals surface area contributed by atoms with E-state index >= 15 is 0 Å². The summed E-state index contributed by atoms with van der Waals surface area (Å²) in [6.07, 6.45) is 0.453. The first-order valence-corrected chi connectivity index (χ1v) is 8.14. The standard InChI is InChI=1S/C9H13Cl2NO2S2/c1-7(8-3-4-9(11)15-8)12-16(13,14)6-2-5-10/h3-4,7,12H,2,5-6H2,1H3. The Morgan fingerprint density at radius 2 is 2.19 bits per heavy atom. The summed E-state index contributed by atoms with van der Waals surface area (Å²) in [5, 5.41) is 0. The van der Waals surface area contributed by atoms with Gasteiger partial charge in [-0.3, -0.25) is 0 Å². The molecule has 0 aromatic carbocycles. The van der Waals surface area contributed by atoms with Crippen molar-refractivity contribution in [2.24, 2.45) is 0 Å². The zero-order valence-corrected chi connectivity index (χ0v) is 11.9. The molecular formula is C9H13Cl2NO2S2. The molecule has 0 spiro atoms. The average Bonchev–Trinajstić information content (AvgIpc) is 2.61.